The molecule has 0 amide bonds. The van der Waals surface area contributed by atoms with E-state index in [9.17, 15) is 0 Å². The summed E-state index contributed by atoms with van der Waals surface area (Å²) in [6, 6.07) is 76.3. The lowest BCUT2D eigenvalue weighted by atomic mass is 9.90. The smallest absolute Gasteiger partial charge is 0.145 e. The van der Waals surface area contributed by atoms with Gasteiger partial charge in [-0.05, 0) is 98.8 Å². The molecule has 2 heterocycles. The number of hydrogen-bond acceptors (Lipinski definition) is 1. The van der Waals surface area contributed by atoms with Gasteiger partial charge in [0.2, 0.25) is 0 Å². The molecule has 0 atom stereocenters. The first-order valence-corrected chi connectivity index (χ1v) is 19.1. The van der Waals surface area contributed by atoms with Gasteiger partial charge in [0, 0.05) is 27.7 Å². The van der Waals surface area contributed by atoms with Gasteiger partial charge in [-0.15, -0.1) is 0 Å². The van der Waals surface area contributed by atoms with Crippen LogP contribution in [0.5, 0.6) is 0 Å². The van der Waals surface area contributed by atoms with Gasteiger partial charge in [-0.1, -0.05) is 158 Å². The molecule has 0 aliphatic heterocycles. The van der Waals surface area contributed by atoms with Crippen LogP contribution in [0.15, 0.2) is 212 Å². The highest BCUT2D eigenvalue weighted by Crippen LogP contribution is 2.39. The van der Waals surface area contributed by atoms with Crippen LogP contribution in [0.4, 0.5) is 0 Å². The van der Waals surface area contributed by atoms with Crippen molar-refractivity contribution >= 4 is 43.6 Å². The van der Waals surface area contributed by atoms with Crippen LogP contribution in [-0.2, 0) is 0 Å². The second-order valence-electron chi connectivity index (χ2n) is 14.4. The number of benzene rings is 9. The van der Waals surface area contributed by atoms with E-state index in [4.69, 9.17) is 4.98 Å². The zero-order valence-electron chi connectivity index (χ0n) is 30.5. The average Bonchev–Trinajstić information content (AvgIpc) is 3.83. The van der Waals surface area contributed by atoms with Gasteiger partial charge >= 0.3 is 0 Å². The molecular weight excluding hydrogens is 679 g/mol. The highest BCUT2D eigenvalue weighted by Gasteiger charge is 2.17. The predicted molar refractivity (Wildman–Crippen MR) is 235 cm³/mol. The van der Waals surface area contributed by atoms with Gasteiger partial charge in [0.25, 0.3) is 0 Å². The Labute approximate surface area is 325 Å². The molecule has 0 bridgehead atoms. The minimum absolute atomic E-state index is 0.934. The topological polar surface area (TPSA) is 22.8 Å². The summed E-state index contributed by atoms with van der Waals surface area (Å²) in [5.41, 5.74) is 15.1. The van der Waals surface area contributed by atoms with Gasteiger partial charge in [-0.3, -0.25) is 4.57 Å². The highest BCUT2D eigenvalue weighted by atomic mass is 15.1. The molecule has 262 valence electrons. The lowest BCUT2D eigenvalue weighted by Crippen LogP contribution is -1.97. The molecule has 0 aliphatic carbocycles. The maximum atomic E-state index is 5.10. The maximum absolute atomic E-state index is 5.10. The Morgan fingerprint density at radius 1 is 0.321 bits per heavy atom. The van der Waals surface area contributed by atoms with Crippen LogP contribution < -0.4 is 0 Å². The van der Waals surface area contributed by atoms with Gasteiger partial charge in [0.15, 0.2) is 0 Å². The van der Waals surface area contributed by atoms with E-state index in [2.05, 4.69) is 221 Å². The van der Waals surface area contributed by atoms with Crippen LogP contribution in [0.3, 0.4) is 0 Å². The Hall–Kier alpha value is -7.49. The summed E-state index contributed by atoms with van der Waals surface area (Å²) >= 11 is 0. The molecule has 0 saturated heterocycles. The highest BCUT2D eigenvalue weighted by molar-refractivity contribution is 6.11. The Morgan fingerprint density at radius 3 is 1.52 bits per heavy atom. The summed E-state index contributed by atoms with van der Waals surface area (Å²) in [6.07, 6.45) is 0. The number of hydrogen-bond donors (Lipinski definition) is 0. The summed E-state index contributed by atoms with van der Waals surface area (Å²) in [5, 5.41) is 4.99. The second kappa shape index (κ2) is 13.1. The molecule has 11 rings (SSSR count). The van der Waals surface area contributed by atoms with Gasteiger partial charge in [-0.2, -0.15) is 0 Å². The molecule has 0 fully saturated rings. The fraction of sp³-hybridized carbons (Fsp3) is 0. The van der Waals surface area contributed by atoms with Crippen LogP contribution in [0.25, 0.3) is 99.8 Å². The molecule has 2 aromatic heterocycles. The third-order valence-corrected chi connectivity index (χ3v) is 11.2. The van der Waals surface area contributed by atoms with Crippen molar-refractivity contribution in [2.75, 3.05) is 0 Å². The average molecular weight is 714 g/mol. The van der Waals surface area contributed by atoms with Crippen molar-refractivity contribution in [2.45, 2.75) is 0 Å². The number of para-hydroxylation sites is 5. The standard InChI is InChI=1S/C53H35N3/c1-3-15-42(16-4-1)55-49-23-9-7-19-46(49)47-35-41(33-34-50(47)55)36-25-27-37(28-26-36)44-20-11-13-39-14-12-21-45(52(39)44)38-29-31-40(32-30-38)53-54-48-22-8-10-24-51(48)56(53)43-17-5-2-6-18-43/h1-35H. The molecule has 0 N–H and O–H groups in total. The normalized spacial score (nSPS) is 11.6. The second-order valence-corrected chi connectivity index (χ2v) is 14.4. The summed E-state index contributed by atoms with van der Waals surface area (Å²) in [7, 11) is 0. The van der Waals surface area contributed by atoms with Gasteiger partial charge in [-0.25, -0.2) is 4.98 Å². The molecule has 3 heteroatoms. The summed E-state index contributed by atoms with van der Waals surface area (Å²) < 4.78 is 4.62. The zero-order valence-corrected chi connectivity index (χ0v) is 30.5. The number of nitrogens with zero attached hydrogens (tertiary/aromatic N) is 3. The molecular formula is C53H35N3. The van der Waals surface area contributed by atoms with Gasteiger partial charge in [0.05, 0.1) is 22.1 Å². The van der Waals surface area contributed by atoms with E-state index in [0.29, 0.717) is 0 Å². The van der Waals surface area contributed by atoms with Crippen molar-refractivity contribution in [3.63, 3.8) is 0 Å². The van der Waals surface area contributed by atoms with Crippen LogP contribution in [-0.4, -0.2) is 14.1 Å². The van der Waals surface area contributed by atoms with Crippen molar-refractivity contribution < 1.29 is 0 Å². The molecule has 0 saturated carbocycles. The maximum Gasteiger partial charge on any atom is 0.145 e. The first kappa shape index (κ1) is 32.0. The fourth-order valence-electron chi connectivity index (χ4n) is 8.53. The summed E-state index contributed by atoms with van der Waals surface area (Å²) in [5.74, 6) is 0.934. The summed E-state index contributed by atoms with van der Waals surface area (Å²) in [6.45, 7) is 0. The Balaban J connectivity index is 0.967. The molecule has 0 radical (unpaired) electrons. The summed E-state index contributed by atoms with van der Waals surface area (Å²) in [4.78, 5) is 5.10. The molecule has 0 spiro atoms. The minimum Gasteiger partial charge on any atom is -0.309 e. The SMILES string of the molecule is c1ccc(-n2c(-c3ccc(-c4cccc5cccc(-c6ccc(-c7ccc8c(c7)c7ccccc7n8-c7ccccc7)cc6)c45)cc3)nc3ccccc32)cc1. The lowest BCUT2D eigenvalue weighted by Gasteiger charge is -2.14. The van der Waals surface area contributed by atoms with E-state index >= 15 is 0 Å². The molecule has 9 aromatic carbocycles. The third kappa shape index (κ3) is 5.25. The van der Waals surface area contributed by atoms with Crippen LogP contribution in [0.1, 0.15) is 0 Å². The van der Waals surface area contributed by atoms with Crippen LogP contribution in [0.2, 0.25) is 0 Å². The van der Waals surface area contributed by atoms with Crippen molar-refractivity contribution in [2.24, 2.45) is 0 Å². The third-order valence-electron chi connectivity index (χ3n) is 11.2. The minimum atomic E-state index is 0.934. The number of rotatable bonds is 6. The van der Waals surface area contributed by atoms with E-state index in [0.717, 1.165) is 28.1 Å². The molecule has 11 aromatic rings. The van der Waals surface area contributed by atoms with Crippen molar-refractivity contribution in [3.8, 4) is 56.1 Å². The van der Waals surface area contributed by atoms with Gasteiger partial charge in [0.1, 0.15) is 5.82 Å². The quantitative estimate of drug-likeness (QED) is 0.168. The largest absolute Gasteiger partial charge is 0.309 e. The Bertz CT molecular complexity index is 3200. The van der Waals surface area contributed by atoms with E-state index in [1.807, 2.05) is 0 Å². The number of imidazole rings is 1. The zero-order chi connectivity index (χ0) is 37.0. The molecule has 56 heavy (non-hydrogen) atoms. The lowest BCUT2D eigenvalue weighted by molar-refractivity contribution is 1.10. The monoisotopic (exact) mass is 713 g/mol. The fourth-order valence-corrected chi connectivity index (χ4v) is 8.53. The Kier molecular flexibility index (Phi) is 7.49. The van der Waals surface area contributed by atoms with Gasteiger partial charge < -0.3 is 4.57 Å². The van der Waals surface area contributed by atoms with E-state index < -0.39 is 0 Å². The first-order chi connectivity index (χ1) is 27.8. The van der Waals surface area contributed by atoms with E-state index in [-0.39, 0.29) is 0 Å². The number of aromatic nitrogens is 3. The molecule has 3 nitrogen and oxygen atoms in total. The van der Waals surface area contributed by atoms with Crippen LogP contribution in [0, 0.1) is 0 Å². The predicted octanol–water partition coefficient (Wildman–Crippen LogP) is 13.9. The van der Waals surface area contributed by atoms with E-state index in [1.165, 1.54) is 71.6 Å². The van der Waals surface area contributed by atoms with E-state index in [1.54, 1.807) is 0 Å². The van der Waals surface area contributed by atoms with Crippen LogP contribution >= 0.6 is 0 Å². The van der Waals surface area contributed by atoms with Crippen molar-refractivity contribution in [3.05, 3.63) is 212 Å². The molecule has 0 aliphatic rings. The first-order valence-electron chi connectivity index (χ1n) is 19.1. The van der Waals surface area contributed by atoms with Crippen molar-refractivity contribution in [1.82, 2.24) is 14.1 Å². The Morgan fingerprint density at radius 2 is 0.839 bits per heavy atom. The molecule has 0 unspecified atom stereocenters. The van der Waals surface area contributed by atoms with Crippen molar-refractivity contribution in [1.29, 1.82) is 0 Å². The number of fused-ring (bicyclic) bond motifs is 5.